The van der Waals surface area contributed by atoms with Crippen LogP contribution in [0.4, 0.5) is 0 Å². The summed E-state index contributed by atoms with van der Waals surface area (Å²) in [4.78, 5) is 15.0. The summed E-state index contributed by atoms with van der Waals surface area (Å²) in [5.74, 6) is 0.231. The largest absolute Gasteiger partial charge is 0.334 e. The molecule has 0 saturated carbocycles. The first-order chi connectivity index (χ1) is 14.0. The van der Waals surface area contributed by atoms with Crippen molar-refractivity contribution in [1.29, 1.82) is 0 Å². The molecule has 0 radical (unpaired) electrons. The van der Waals surface area contributed by atoms with Gasteiger partial charge in [0.15, 0.2) is 0 Å². The molecule has 0 spiro atoms. The Labute approximate surface area is 174 Å². The Morgan fingerprint density at radius 2 is 1.55 bits per heavy atom. The molecule has 29 heavy (non-hydrogen) atoms. The first kappa shape index (κ1) is 19.4. The lowest BCUT2D eigenvalue weighted by Crippen LogP contribution is -2.36. The number of aryl methyl sites for hydroxylation is 1. The molecule has 3 aromatic rings. The fourth-order valence-corrected chi connectivity index (χ4v) is 4.70. The zero-order valence-corrected chi connectivity index (χ0v) is 17.9. The Balaban J connectivity index is 1.80. The van der Waals surface area contributed by atoms with Crippen molar-refractivity contribution in [3.63, 3.8) is 0 Å². The molecule has 2 heteroatoms. The van der Waals surface area contributed by atoms with Crippen LogP contribution < -0.4 is 0 Å². The highest BCUT2D eigenvalue weighted by Crippen LogP contribution is 2.38. The van der Waals surface area contributed by atoms with E-state index in [-0.39, 0.29) is 5.91 Å². The molecule has 0 unspecified atom stereocenters. The van der Waals surface area contributed by atoms with Crippen LogP contribution in [0.15, 0.2) is 54.6 Å². The number of benzene rings is 3. The first-order valence-corrected chi connectivity index (χ1v) is 10.5. The van der Waals surface area contributed by atoms with Crippen LogP contribution in [0, 0.1) is 20.8 Å². The second-order valence-corrected chi connectivity index (χ2v) is 8.19. The molecule has 1 aliphatic heterocycles. The molecule has 0 aromatic heterocycles. The third-order valence-electron chi connectivity index (χ3n) is 6.34. The molecule has 1 aliphatic rings. The van der Waals surface area contributed by atoms with Crippen LogP contribution >= 0.6 is 0 Å². The number of hydrogen-bond acceptors (Lipinski definition) is 1. The van der Waals surface area contributed by atoms with Crippen molar-refractivity contribution in [3.8, 4) is 11.1 Å². The minimum atomic E-state index is 0.231. The van der Waals surface area contributed by atoms with E-state index in [0.717, 1.165) is 6.42 Å². The van der Waals surface area contributed by atoms with E-state index in [9.17, 15) is 4.79 Å². The van der Waals surface area contributed by atoms with E-state index in [1.165, 1.54) is 50.1 Å². The van der Waals surface area contributed by atoms with Gasteiger partial charge in [0.05, 0.1) is 6.42 Å². The summed E-state index contributed by atoms with van der Waals surface area (Å²) in [7, 11) is 0. The van der Waals surface area contributed by atoms with Crippen molar-refractivity contribution in [2.45, 2.75) is 53.6 Å². The van der Waals surface area contributed by atoms with E-state index in [1.54, 1.807) is 0 Å². The second-order valence-electron chi connectivity index (χ2n) is 8.19. The number of carbonyl (C=O) groups is 1. The van der Waals surface area contributed by atoms with Gasteiger partial charge in [-0.2, -0.15) is 0 Å². The standard InChI is InChI=1S/C27H29NO/c1-5-23-19(3)24-15-26(29)28(16-21-9-7-6-8-10-21)17-25(24)20(4)27(23)22-13-11-18(2)12-14-22/h6-14H,5,15-17H2,1-4H3. The summed E-state index contributed by atoms with van der Waals surface area (Å²) in [6, 6.07) is 19.1. The Morgan fingerprint density at radius 3 is 2.21 bits per heavy atom. The molecule has 0 aliphatic carbocycles. The van der Waals surface area contributed by atoms with Crippen molar-refractivity contribution >= 4 is 5.91 Å². The molecule has 3 aromatic carbocycles. The lowest BCUT2D eigenvalue weighted by Gasteiger charge is -2.33. The fraction of sp³-hybridized carbons (Fsp3) is 0.296. The van der Waals surface area contributed by atoms with Gasteiger partial charge in [0.1, 0.15) is 0 Å². The van der Waals surface area contributed by atoms with E-state index >= 15 is 0 Å². The van der Waals surface area contributed by atoms with Crippen LogP contribution in [0.5, 0.6) is 0 Å². The topological polar surface area (TPSA) is 20.3 Å². The van der Waals surface area contributed by atoms with Crippen molar-refractivity contribution in [2.24, 2.45) is 0 Å². The van der Waals surface area contributed by atoms with Crippen LogP contribution in [-0.4, -0.2) is 10.8 Å². The van der Waals surface area contributed by atoms with E-state index in [2.05, 4.69) is 64.1 Å². The average molecular weight is 384 g/mol. The highest BCUT2D eigenvalue weighted by molar-refractivity contribution is 5.84. The normalized spacial score (nSPS) is 13.5. The van der Waals surface area contributed by atoms with Crippen LogP contribution in [0.2, 0.25) is 0 Å². The van der Waals surface area contributed by atoms with Gasteiger partial charge >= 0.3 is 0 Å². The number of rotatable bonds is 4. The summed E-state index contributed by atoms with van der Waals surface area (Å²) in [6.07, 6.45) is 1.49. The molecule has 0 fully saturated rings. The van der Waals surface area contributed by atoms with Crippen molar-refractivity contribution in [1.82, 2.24) is 4.90 Å². The molecule has 1 heterocycles. The van der Waals surface area contributed by atoms with Crippen molar-refractivity contribution in [3.05, 3.63) is 93.5 Å². The number of hydrogen-bond donors (Lipinski definition) is 0. The Hall–Kier alpha value is -2.87. The maximum atomic E-state index is 12.9. The van der Waals surface area contributed by atoms with E-state index in [0.29, 0.717) is 19.5 Å². The molecule has 0 N–H and O–H groups in total. The minimum Gasteiger partial charge on any atom is -0.334 e. The summed E-state index contributed by atoms with van der Waals surface area (Å²) < 4.78 is 0. The third kappa shape index (κ3) is 3.60. The number of amides is 1. The monoisotopic (exact) mass is 383 g/mol. The molecule has 0 saturated heterocycles. The highest BCUT2D eigenvalue weighted by Gasteiger charge is 2.28. The Bertz CT molecular complexity index is 1050. The number of fused-ring (bicyclic) bond motifs is 1. The predicted octanol–water partition coefficient (Wildman–Crippen LogP) is 5.93. The van der Waals surface area contributed by atoms with Gasteiger partial charge in [-0.05, 0) is 71.7 Å². The smallest absolute Gasteiger partial charge is 0.227 e. The van der Waals surface area contributed by atoms with Gasteiger partial charge in [0.25, 0.3) is 0 Å². The molecular weight excluding hydrogens is 354 g/mol. The first-order valence-electron chi connectivity index (χ1n) is 10.5. The quantitative estimate of drug-likeness (QED) is 0.547. The van der Waals surface area contributed by atoms with Crippen LogP contribution in [0.1, 0.15) is 45.9 Å². The maximum Gasteiger partial charge on any atom is 0.227 e. The van der Waals surface area contributed by atoms with Crippen LogP contribution in [0.25, 0.3) is 11.1 Å². The van der Waals surface area contributed by atoms with E-state index < -0.39 is 0 Å². The number of carbonyl (C=O) groups excluding carboxylic acids is 1. The summed E-state index contributed by atoms with van der Waals surface area (Å²) in [5.41, 5.74) is 11.7. The molecular formula is C27H29NO. The predicted molar refractivity (Wildman–Crippen MR) is 120 cm³/mol. The van der Waals surface area contributed by atoms with Gasteiger partial charge < -0.3 is 4.90 Å². The third-order valence-corrected chi connectivity index (χ3v) is 6.34. The molecule has 4 rings (SSSR count). The summed E-state index contributed by atoms with van der Waals surface area (Å²) in [5, 5.41) is 0. The lowest BCUT2D eigenvalue weighted by molar-refractivity contribution is -0.132. The highest BCUT2D eigenvalue weighted by atomic mass is 16.2. The lowest BCUT2D eigenvalue weighted by atomic mass is 9.81. The second kappa shape index (κ2) is 7.87. The van der Waals surface area contributed by atoms with Crippen LogP contribution in [-0.2, 0) is 30.7 Å². The Kier molecular flexibility index (Phi) is 5.27. The van der Waals surface area contributed by atoms with E-state index in [4.69, 9.17) is 0 Å². The van der Waals surface area contributed by atoms with Gasteiger partial charge in [-0.15, -0.1) is 0 Å². The molecule has 0 atom stereocenters. The SMILES string of the molecule is CCc1c(C)c2c(c(C)c1-c1ccc(C)cc1)CN(Cc1ccccc1)C(=O)C2. The Morgan fingerprint density at radius 1 is 0.862 bits per heavy atom. The fourth-order valence-electron chi connectivity index (χ4n) is 4.70. The summed E-state index contributed by atoms with van der Waals surface area (Å²) >= 11 is 0. The molecule has 0 bridgehead atoms. The van der Waals surface area contributed by atoms with Crippen molar-refractivity contribution < 1.29 is 4.79 Å². The van der Waals surface area contributed by atoms with Crippen LogP contribution in [0.3, 0.4) is 0 Å². The van der Waals surface area contributed by atoms with Gasteiger partial charge in [-0.25, -0.2) is 0 Å². The molecule has 148 valence electrons. The number of nitrogens with zero attached hydrogens (tertiary/aromatic N) is 1. The molecule has 2 nitrogen and oxygen atoms in total. The molecule has 1 amide bonds. The zero-order valence-electron chi connectivity index (χ0n) is 17.9. The van der Waals surface area contributed by atoms with E-state index in [1.807, 2.05) is 23.1 Å². The van der Waals surface area contributed by atoms with Gasteiger partial charge in [-0.1, -0.05) is 67.1 Å². The van der Waals surface area contributed by atoms with Gasteiger partial charge in [0.2, 0.25) is 5.91 Å². The average Bonchev–Trinajstić information content (AvgIpc) is 2.73. The zero-order chi connectivity index (χ0) is 20.5. The van der Waals surface area contributed by atoms with Gasteiger partial charge in [-0.3, -0.25) is 4.79 Å². The maximum absolute atomic E-state index is 12.9. The van der Waals surface area contributed by atoms with Gasteiger partial charge in [0, 0.05) is 13.1 Å². The van der Waals surface area contributed by atoms with Crippen molar-refractivity contribution in [2.75, 3.05) is 0 Å². The summed E-state index contributed by atoms with van der Waals surface area (Å²) in [6.45, 7) is 10.2. The minimum absolute atomic E-state index is 0.231.